The predicted octanol–water partition coefficient (Wildman–Crippen LogP) is 4.68. The number of carbonyl (C=O) groups is 2. The fraction of sp³-hybridized carbons (Fsp3) is 0.680. The fourth-order valence-corrected chi connectivity index (χ4v) is 4.32. The summed E-state index contributed by atoms with van der Waals surface area (Å²) in [5.74, 6) is -1.96. The number of hydrogen-bond donors (Lipinski definition) is 0. The van der Waals surface area contributed by atoms with E-state index in [4.69, 9.17) is 0 Å². The molecule has 1 rings (SSSR count). The van der Waals surface area contributed by atoms with Gasteiger partial charge in [0.1, 0.15) is 0 Å². The van der Waals surface area contributed by atoms with Crippen LogP contribution in [0.1, 0.15) is 109 Å². The average molecular weight is 477 g/mol. The number of carboxylic acid groups (broad SMARTS) is 2. The molecule has 0 amide bonds. The van der Waals surface area contributed by atoms with Gasteiger partial charge in [0.2, 0.25) is 0 Å². The molecular weight excluding hydrogens is 436 g/mol. The minimum atomic E-state index is -0.995. The third-order valence-corrected chi connectivity index (χ3v) is 6.42. The molecule has 0 aliphatic carbocycles. The number of carbonyl (C=O) groups excluding carboxylic acids is 2. The zero-order valence-corrected chi connectivity index (χ0v) is 22.8. The fourth-order valence-electron chi connectivity index (χ4n) is 3.10. The van der Waals surface area contributed by atoms with E-state index in [1.54, 1.807) is 6.92 Å². The zero-order chi connectivity index (χ0) is 22.6. The minimum Gasteiger partial charge on any atom is -0.550 e. The van der Waals surface area contributed by atoms with E-state index >= 15 is 0 Å². The largest absolute Gasteiger partial charge is 2.00 e. The van der Waals surface area contributed by atoms with Crippen molar-refractivity contribution >= 4 is 61.4 Å². The molecule has 4 nitrogen and oxygen atoms in total. The van der Waals surface area contributed by atoms with Crippen molar-refractivity contribution in [3.8, 4) is 0 Å². The molecule has 1 aromatic carbocycles. The number of carboxylic acids is 2. The van der Waals surface area contributed by atoms with Crippen molar-refractivity contribution < 1.29 is 19.8 Å². The third-order valence-electron chi connectivity index (χ3n) is 4.98. The maximum absolute atomic E-state index is 11.1. The Morgan fingerprint density at radius 2 is 1.29 bits per heavy atom. The van der Waals surface area contributed by atoms with Crippen LogP contribution in [0.4, 0.5) is 0 Å². The Labute approximate surface area is 224 Å². The normalized spacial score (nSPS) is 12.1. The van der Waals surface area contributed by atoms with E-state index in [0.29, 0.717) is 0 Å². The smallest absolute Gasteiger partial charge is 0.550 e. The van der Waals surface area contributed by atoms with Crippen LogP contribution in [-0.2, 0) is 9.59 Å². The quantitative estimate of drug-likeness (QED) is 0.256. The molecule has 31 heavy (non-hydrogen) atoms. The predicted molar refractivity (Wildman–Crippen MR) is 129 cm³/mol. The molecule has 0 bridgehead atoms. The molecule has 0 radical (unpaired) electrons. The second kappa shape index (κ2) is 22.9. The monoisotopic (exact) mass is 476 g/mol. The maximum Gasteiger partial charge on any atom is 2.00 e. The summed E-state index contributed by atoms with van der Waals surface area (Å²) in [6, 6.07) is 10.3. The first kappa shape index (κ1) is 32.9. The van der Waals surface area contributed by atoms with Crippen molar-refractivity contribution in [1.82, 2.24) is 0 Å². The van der Waals surface area contributed by atoms with Crippen molar-refractivity contribution in [3.63, 3.8) is 0 Å². The summed E-state index contributed by atoms with van der Waals surface area (Å²) in [6.07, 6.45) is 14.4. The molecule has 6 heteroatoms. The number of rotatable bonds is 16. The van der Waals surface area contributed by atoms with E-state index in [-0.39, 0.29) is 49.4 Å². The van der Waals surface area contributed by atoms with Crippen LogP contribution in [0, 0.1) is 0 Å². The SMILES string of the molecule is CCC(=O)[O-].CCCCCCCCCCCCC(SC(C)C(=O)[O-])c1ccccc1.[Ca+2]. The second-order valence-electron chi connectivity index (χ2n) is 7.69. The van der Waals surface area contributed by atoms with Crippen LogP contribution in [0.5, 0.6) is 0 Å². The van der Waals surface area contributed by atoms with Gasteiger partial charge in [-0.25, -0.2) is 0 Å². The summed E-state index contributed by atoms with van der Waals surface area (Å²) in [5.41, 5.74) is 1.23. The third kappa shape index (κ3) is 20.1. The van der Waals surface area contributed by atoms with Crippen molar-refractivity contribution in [2.45, 2.75) is 108 Å². The van der Waals surface area contributed by atoms with E-state index in [2.05, 4.69) is 19.1 Å². The summed E-state index contributed by atoms with van der Waals surface area (Å²) in [7, 11) is 0. The van der Waals surface area contributed by atoms with Gasteiger partial charge in [0.05, 0.1) is 5.97 Å². The van der Waals surface area contributed by atoms with Crippen LogP contribution in [0.25, 0.3) is 0 Å². The molecule has 0 aliphatic rings. The van der Waals surface area contributed by atoms with Gasteiger partial charge in [0, 0.05) is 16.5 Å². The van der Waals surface area contributed by atoms with Gasteiger partial charge in [-0.2, -0.15) is 0 Å². The van der Waals surface area contributed by atoms with Crippen LogP contribution in [0.15, 0.2) is 30.3 Å². The van der Waals surface area contributed by atoms with Crippen molar-refractivity contribution in [2.24, 2.45) is 0 Å². The number of unbranched alkanes of at least 4 members (excludes halogenated alkanes) is 9. The van der Waals surface area contributed by atoms with Gasteiger partial charge in [-0.3, -0.25) is 0 Å². The Balaban J connectivity index is 0. The van der Waals surface area contributed by atoms with Crippen molar-refractivity contribution in [2.75, 3.05) is 0 Å². The number of aliphatic carboxylic acids is 2. The standard InChI is InChI=1S/C22H36O2S.C3H6O2.Ca/c1-3-4-5-6-7-8-9-10-11-15-18-21(25-19(2)22(23)24)20-16-13-12-14-17-20;1-2-3(4)5;/h12-14,16-17,19,21H,3-11,15,18H2,1-2H3,(H,23,24);2H2,1H3,(H,4,5);/q;;+2/p-2. The number of benzene rings is 1. The van der Waals surface area contributed by atoms with Gasteiger partial charge >= 0.3 is 37.7 Å². The van der Waals surface area contributed by atoms with Crippen LogP contribution < -0.4 is 10.2 Å². The van der Waals surface area contributed by atoms with Crippen LogP contribution in [-0.4, -0.2) is 54.9 Å². The molecule has 0 fully saturated rings. The molecule has 2 atom stereocenters. The van der Waals surface area contributed by atoms with E-state index in [9.17, 15) is 19.8 Å². The summed E-state index contributed by atoms with van der Waals surface area (Å²) in [4.78, 5) is 20.3. The summed E-state index contributed by atoms with van der Waals surface area (Å²) in [5, 5.41) is 20.1. The van der Waals surface area contributed by atoms with E-state index in [0.717, 1.165) is 6.42 Å². The molecule has 0 heterocycles. The van der Waals surface area contributed by atoms with Gasteiger partial charge in [0.25, 0.3) is 0 Å². The zero-order valence-electron chi connectivity index (χ0n) is 19.8. The van der Waals surface area contributed by atoms with E-state index in [1.165, 1.54) is 88.5 Å². The first-order valence-corrected chi connectivity index (χ1v) is 12.5. The summed E-state index contributed by atoms with van der Waals surface area (Å²) in [6.45, 7) is 5.53. The Bertz CT molecular complexity index is 554. The first-order valence-electron chi connectivity index (χ1n) is 11.5. The topological polar surface area (TPSA) is 80.3 Å². The summed E-state index contributed by atoms with van der Waals surface area (Å²) < 4.78 is 0. The van der Waals surface area contributed by atoms with Crippen molar-refractivity contribution in [3.05, 3.63) is 35.9 Å². The first-order chi connectivity index (χ1) is 14.4. The van der Waals surface area contributed by atoms with Crippen molar-refractivity contribution in [1.29, 1.82) is 0 Å². The molecule has 172 valence electrons. The number of thioether (sulfide) groups is 1. The molecular formula is C25H40CaO4S. The van der Waals surface area contributed by atoms with Crippen LogP contribution in [0.2, 0.25) is 0 Å². The molecule has 0 aromatic heterocycles. The molecule has 1 aromatic rings. The Morgan fingerprint density at radius 1 is 0.839 bits per heavy atom. The summed E-state index contributed by atoms with van der Waals surface area (Å²) >= 11 is 1.52. The molecule has 0 saturated heterocycles. The van der Waals surface area contributed by atoms with Gasteiger partial charge < -0.3 is 19.8 Å². The molecule has 0 saturated carbocycles. The van der Waals surface area contributed by atoms with Crippen LogP contribution >= 0.6 is 11.8 Å². The van der Waals surface area contributed by atoms with Crippen LogP contribution in [0.3, 0.4) is 0 Å². The van der Waals surface area contributed by atoms with E-state index < -0.39 is 17.2 Å². The number of hydrogen-bond acceptors (Lipinski definition) is 5. The van der Waals surface area contributed by atoms with Gasteiger partial charge in [-0.15, -0.1) is 11.8 Å². The van der Waals surface area contributed by atoms with Gasteiger partial charge in [0.15, 0.2) is 0 Å². The maximum atomic E-state index is 11.1. The molecule has 0 spiro atoms. The Kier molecular flexibility index (Phi) is 24.4. The van der Waals surface area contributed by atoms with E-state index in [1.807, 2.05) is 18.2 Å². The Hall–Kier alpha value is -0.230. The average Bonchev–Trinajstić information content (AvgIpc) is 2.75. The molecule has 0 aliphatic heterocycles. The van der Waals surface area contributed by atoms with Gasteiger partial charge in [-0.1, -0.05) is 108 Å². The molecule has 2 unspecified atom stereocenters. The molecule has 0 N–H and O–H groups in total. The second-order valence-corrected chi connectivity index (χ2v) is 9.24. The van der Waals surface area contributed by atoms with Gasteiger partial charge in [-0.05, 0) is 25.3 Å². The minimum absolute atomic E-state index is 0. The Morgan fingerprint density at radius 3 is 1.71 bits per heavy atom.